The Hall–Kier alpha value is -1.27. The van der Waals surface area contributed by atoms with Crippen LogP contribution in [0.3, 0.4) is 0 Å². The Balaban J connectivity index is 1.55. The van der Waals surface area contributed by atoms with Gasteiger partial charge in [-0.05, 0) is 70.1 Å². The summed E-state index contributed by atoms with van der Waals surface area (Å²) < 4.78 is 25.2. The van der Waals surface area contributed by atoms with Gasteiger partial charge < -0.3 is 0 Å². The highest BCUT2D eigenvalue weighted by Crippen LogP contribution is 2.33. The van der Waals surface area contributed by atoms with Crippen LogP contribution in [0.15, 0.2) is 23.7 Å². The molecule has 0 spiro atoms. The summed E-state index contributed by atoms with van der Waals surface area (Å²) in [4.78, 5) is 17.0. The monoisotopic (exact) mass is 393 g/mol. The van der Waals surface area contributed by atoms with Crippen molar-refractivity contribution in [1.82, 2.24) is 4.98 Å². The fourth-order valence-electron chi connectivity index (χ4n) is 3.57. The largest absolute Gasteiger partial charge is 0.299 e. The number of benzene rings is 1. The maximum absolute atomic E-state index is 12.7. The minimum Gasteiger partial charge on any atom is -0.299 e. The van der Waals surface area contributed by atoms with Crippen molar-refractivity contribution in [2.75, 3.05) is 5.75 Å². The third-order valence-corrected chi connectivity index (χ3v) is 9.05. The van der Waals surface area contributed by atoms with Gasteiger partial charge in [0.25, 0.3) is 0 Å². The highest BCUT2D eigenvalue weighted by Gasteiger charge is 2.34. The molecule has 2 aromatic rings. The molecule has 1 aromatic heterocycles. The molecule has 0 atom stereocenters. The van der Waals surface area contributed by atoms with Gasteiger partial charge in [-0.25, -0.2) is 13.4 Å². The third-order valence-electron chi connectivity index (χ3n) is 5.46. The van der Waals surface area contributed by atoms with Crippen molar-refractivity contribution in [1.29, 1.82) is 0 Å². The van der Waals surface area contributed by atoms with E-state index in [2.05, 4.69) is 4.98 Å². The molecule has 1 fully saturated rings. The van der Waals surface area contributed by atoms with Crippen LogP contribution in [-0.4, -0.2) is 29.7 Å². The van der Waals surface area contributed by atoms with Crippen molar-refractivity contribution in [3.05, 3.63) is 29.3 Å². The smallest absolute Gasteiger partial charge is 0.155 e. The number of Topliss-reactive ketones (excluding diaryl/α,β-unsaturated/α-hetero) is 1. The van der Waals surface area contributed by atoms with Crippen LogP contribution in [0.5, 0.6) is 0 Å². The van der Waals surface area contributed by atoms with Crippen molar-refractivity contribution in [3.63, 3.8) is 0 Å². The van der Waals surface area contributed by atoms with E-state index >= 15 is 0 Å². The number of thiazole rings is 1. The maximum Gasteiger partial charge on any atom is 0.155 e. The average Bonchev–Trinajstić information content (AvgIpc) is 3.01. The van der Waals surface area contributed by atoms with Crippen molar-refractivity contribution in [2.45, 2.75) is 57.6 Å². The maximum atomic E-state index is 12.7. The lowest BCUT2D eigenvalue weighted by Crippen LogP contribution is -2.35. The van der Waals surface area contributed by atoms with Crippen LogP contribution >= 0.6 is 11.3 Å². The number of ketones is 1. The molecule has 1 saturated carbocycles. The van der Waals surface area contributed by atoms with Crippen molar-refractivity contribution < 1.29 is 13.2 Å². The molecule has 6 heteroatoms. The highest BCUT2D eigenvalue weighted by molar-refractivity contribution is 7.92. The van der Waals surface area contributed by atoms with E-state index in [0.717, 1.165) is 41.5 Å². The summed E-state index contributed by atoms with van der Waals surface area (Å²) in [6.07, 6.45) is 3.72. The predicted octanol–water partition coefficient (Wildman–Crippen LogP) is 4.43. The normalized spacial score (nSPS) is 21.8. The minimum atomic E-state index is -3.09. The summed E-state index contributed by atoms with van der Waals surface area (Å²) in [6.45, 7) is 5.28. The number of carbonyl (C=O) groups is 1. The SMILES string of the molecule is CC(C)(C)S(=O)(=O)CC1CCC(C(=O)Cc2ccc3scnc3c2)CC1. The van der Waals surface area contributed by atoms with Gasteiger partial charge in [0.1, 0.15) is 5.78 Å². The molecule has 0 unspecified atom stereocenters. The number of hydrogen-bond acceptors (Lipinski definition) is 5. The summed E-state index contributed by atoms with van der Waals surface area (Å²) in [7, 11) is -3.09. The zero-order valence-electron chi connectivity index (χ0n) is 15.7. The topological polar surface area (TPSA) is 64.1 Å². The molecule has 142 valence electrons. The Kier molecular flexibility index (Phi) is 5.54. The number of sulfone groups is 1. The van der Waals surface area contributed by atoms with Gasteiger partial charge in [0, 0.05) is 12.3 Å². The Morgan fingerprint density at radius 2 is 1.88 bits per heavy atom. The molecule has 3 rings (SSSR count). The molecule has 0 aliphatic heterocycles. The van der Waals surface area contributed by atoms with Crippen molar-refractivity contribution in [2.24, 2.45) is 11.8 Å². The van der Waals surface area contributed by atoms with Crippen LogP contribution in [0.2, 0.25) is 0 Å². The van der Waals surface area contributed by atoms with Gasteiger partial charge in [-0.15, -0.1) is 11.3 Å². The lowest BCUT2D eigenvalue weighted by Gasteiger charge is -2.30. The van der Waals surface area contributed by atoms with E-state index in [4.69, 9.17) is 0 Å². The van der Waals surface area contributed by atoms with E-state index in [1.54, 1.807) is 32.1 Å². The summed E-state index contributed by atoms with van der Waals surface area (Å²) in [6, 6.07) is 6.05. The molecule has 0 radical (unpaired) electrons. The Morgan fingerprint density at radius 1 is 1.19 bits per heavy atom. The summed E-state index contributed by atoms with van der Waals surface area (Å²) in [5.41, 5.74) is 3.80. The average molecular weight is 394 g/mol. The van der Waals surface area contributed by atoms with Gasteiger partial charge in [-0.1, -0.05) is 6.07 Å². The van der Waals surface area contributed by atoms with E-state index in [1.807, 2.05) is 23.7 Å². The second-order valence-corrected chi connectivity index (χ2v) is 12.1. The van der Waals surface area contributed by atoms with Crippen molar-refractivity contribution in [3.8, 4) is 0 Å². The number of fused-ring (bicyclic) bond motifs is 1. The number of hydrogen-bond donors (Lipinski definition) is 0. The second kappa shape index (κ2) is 7.39. The van der Waals surface area contributed by atoms with Crippen LogP contribution in [0.25, 0.3) is 10.2 Å². The van der Waals surface area contributed by atoms with Gasteiger partial charge in [-0.3, -0.25) is 4.79 Å². The number of nitrogens with zero attached hydrogens (tertiary/aromatic N) is 1. The molecule has 4 nitrogen and oxygen atoms in total. The van der Waals surface area contributed by atoms with E-state index in [1.165, 1.54) is 0 Å². The Bertz CT molecular complexity index is 885. The first kappa shape index (κ1) is 19.5. The zero-order valence-corrected chi connectivity index (χ0v) is 17.3. The standard InChI is InChI=1S/C20H27NO3S2/c1-20(2,3)26(23,24)12-14-4-7-16(8-5-14)18(22)11-15-6-9-19-17(10-15)21-13-25-19/h6,9-10,13-14,16H,4-5,7-8,11-12H2,1-3H3. The van der Waals surface area contributed by atoms with E-state index < -0.39 is 14.6 Å². The molecule has 1 aliphatic carbocycles. The molecule has 0 bridgehead atoms. The van der Waals surface area contributed by atoms with Crippen LogP contribution in [0, 0.1) is 11.8 Å². The van der Waals surface area contributed by atoms with Crippen LogP contribution in [0.4, 0.5) is 0 Å². The third kappa shape index (κ3) is 4.34. The molecule has 1 aliphatic rings. The highest BCUT2D eigenvalue weighted by atomic mass is 32.2. The lowest BCUT2D eigenvalue weighted by molar-refractivity contribution is -0.123. The van der Waals surface area contributed by atoms with E-state index in [9.17, 15) is 13.2 Å². The van der Waals surface area contributed by atoms with Crippen LogP contribution in [0.1, 0.15) is 52.0 Å². The van der Waals surface area contributed by atoms with Crippen molar-refractivity contribution >= 4 is 37.2 Å². The molecular formula is C20H27NO3S2. The molecule has 0 saturated heterocycles. The first-order valence-corrected chi connectivity index (χ1v) is 11.8. The molecule has 0 amide bonds. The van der Waals surface area contributed by atoms with Gasteiger partial charge >= 0.3 is 0 Å². The van der Waals surface area contributed by atoms with E-state index in [-0.39, 0.29) is 23.4 Å². The minimum absolute atomic E-state index is 0.0646. The summed E-state index contributed by atoms with van der Waals surface area (Å²) in [5, 5.41) is 0. The predicted molar refractivity (Wildman–Crippen MR) is 107 cm³/mol. The zero-order chi connectivity index (χ0) is 18.9. The molecule has 26 heavy (non-hydrogen) atoms. The van der Waals surface area contributed by atoms with Gasteiger partial charge in [0.2, 0.25) is 0 Å². The number of aromatic nitrogens is 1. The fourth-order valence-corrected chi connectivity index (χ4v) is 5.68. The van der Waals surface area contributed by atoms with E-state index in [0.29, 0.717) is 6.42 Å². The van der Waals surface area contributed by atoms with Crippen LogP contribution < -0.4 is 0 Å². The lowest BCUT2D eigenvalue weighted by atomic mass is 9.79. The summed E-state index contributed by atoms with van der Waals surface area (Å²) >= 11 is 1.60. The molecule has 1 aromatic carbocycles. The second-order valence-electron chi connectivity index (χ2n) is 8.41. The quantitative estimate of drug-likeness (QED) is 0.754. The fraction of sp³-hybridized carbons (Fsp3) is 0.600. The Labute approximate surface area is 159 Å². The Morgan fingerprint density at radius 3 is 2.54 bits per heavy atom. The number of carbonyl (C=O) groups excluding carboxylic acids is 1. The first-order valence-electron chi connectivity index (χ1n) is 9.23. The number of rotatable bonds is 5. The summed E-state index contributed by atoms with van der Waals surface area (Å²) in [5.74, 6) is 0.777. The molecular weight excluding hydrogens is 366 g/mol. The molecule has 1 heterocycles. The molecule has 0 N–H and O–H groups in total. The van der Waals surface area contributed by atoms with Gasteiger partial charge in [0.15, 0.2) is 9.84 Å². The van der Waals surface area contributed by atoms with Gasteiger partial charge in [0.05, 0.1) is 26.2 Å². The van der Waals surface area contributed by atoms with Gasteiger partial charge in [-0.2, -0.15) is 0 Å². The first-order chi connectivity index (χ1) is 12.2. The van der Waals surface area contributed by atoms with Crippen LogP contribution in [-0.2, 0) is 21.1 Å².